The van der Waals surface area contributed by atoms with Crippen LogP contribution in [-0.4, -0.2) is 61.1 Å². The highest BCUT2D eigenvalue weighted by atomic mass is 32.2. The molecule has 1 saturated carbocycles. The average Bonchev–Trinajstić information content (AvgIpc) is 3.01. The molecule has 2 aliphatic rings. The van der Waals surface area contributed by atoms with Crippen molar-refractivity contribution in [3.63, 3.8) is 0 Å². The number of aliphatic hydroxyl groups is 1. The van der Waals surface area contributed by atoms with Crippen LogP contribution in [0.2, 0.25) is 0 Å². The summed E-state index contributed by atoms with van der Waals surface area (Å²) in [4.78, 5) is 13.3. The maximum absolute atomic E-state index is 11.7. The molecule has 7 nitrogen and oxygen atoms in total. The van der Waals surface area contributed by atoms with Crippen molar-refractivity contribution in [1.29, 1.82) is 0 Å². The van der Waals surface area contributed by atoms with Gasteiger partial charge in [0, 0.05) is 13.1 Å². The van der Waals surface area contributed by atoms with E-state index in [9.17, 15) is 4.79 Å². The quantitative estimate of drug-likeness (QED) is 0.716. The lowest BCUT2D eigenvalue weighted by Crippen LogP contribution is -2.54. The summed E-state index contributed by atoms with van der Waals surface area (Å²) in [7, 11) is 0. The molecule has 1 aliphatic heterocycles. The molecule has 1 aromatic rings. The Morgan fingerprint density at radius 1 is 1.47 bits per heavy atom. The zero-order valence-corrected chi connectivity index (χ0v) is 10.0. The summed E-state index contributed by atoms with van der Waals surface area (Å²) in [6, 6.07) is 0.424. The van der Waals surface area contributed by atoms with E-state index in [1.807, 2.05) is 0 Å². The van der Waals surface area contributed by atoms with Crippen LogP contribution in [0.5, 0.6) is 0 Å². The molecule has 1 N–H and O–H groups in total. The minimum Gasteiger partial charge on any atom is -0.389 e. The summed E-state index contributed by atoms with van der Waals surface area (Å²) in [6.07, 6.45) is 1.89. The number of aliphatic hydroxyl groups excluding tert-OH is 1. The van der Waals surface area contributed by atoms with Crippen LogP contribution in [0.1, 0.15) is 18.9 Å². The first-order valence-corrected chi connectivity index (χ1v) is 6.59. The second-order valence-electron chi connectivity index (χ2n) is 4.38. The van der Waals surface area contributed by atoms with Gasteiger partial charge in [-0.05, 0) is 23.3 Å². The summed E-state index contributed by atoms with van der Waals surface area (Å²) in [5, 5.41) is 21.3. The van der Waals surface area contributed by atoms with E-state index in [1.54, 1.807) is 9.58 Å². The van der Waals surface area contributed by atoms with E-state index in [2.05, 4.69) is 15.5 Å². The van der Waals surface area contributed by atoms with Gasteiger partial charge in [-0.25, -0.2) is 4.68 Å². The Balaban J connectivity index is 1.53. The van der Waals surface area contributed by atoms with Crippen LogP contribution in [0.3, 0.4) is 0 Å². The van der Waals surface area contributed by atoms with Gasteiger partial charge in [-0.1, -0.05) is 11.8 Å². The molecule has 1 aliphatic carbocycles. The first-order valence-electron chi connectivity index (χ1n) is 5.60. The van der Waals surface area contributed by atoms with Gasteiger partial charge in [-0.15, -0.1) is 5.10 Å². The van der Waals surface area contributed by atoms with E-state index in [0.29, 0.717) is 30.0 Å². The molecule has 0 atom stereocenters. The van der Waals surface area contributed by atoms with Gasteiger partial charge < -0.3 is 10.0 Å². The number of nitrogens with zero attached hydrogens (tertiary/aromatic N) is 5. The van der Waals surface area contributed by atoms with E-state index < -0.39 is 0 Å². The largest absolute Gasteiger partial charge is 0.389 e. The van der Waals surface area contributed by atoms with Crippen LogP contribution >= 0.6 is 11.8 Å². The zero-order chi connectivity index (χ0) is 11.8. The van der Waals surface area contributed by atoms with Gasteiger partial charge in [0.05, 0.1) is 17.9 Å². The second-order valence-corrected chi connectivity index (χ2v) is 5.32. The van der Waals surface area contributed by atoms with Crippen LogP contribution in [0.25, 0.3) is 0 Å². The number of carbonyl (C=O) groups is 1. The van der Waals surface area contributed by atoms with Crippen LogP contribution in [0, 0.1) is 0 Å². The van der Waals surface area contributed by atoms with Crippen molar-refractivity contribution in [2.75, 3.05) is 18.8 Å². The fraction of sp³-hybridized carbons (Fsp3) is 0.778. The van der Waals surface area contributed by atoms with Gasteiger partial charge in [0.1, 0.15) is 0 Å². The summed E-state index contributed by atoms with van der Waals surface area (Å²) in [5.74, 6) is 0.366. The molecule has 1 aromatic heterocycles. The number of aromatic nitrogens is 4. The minimum atomic E-state index is -0.347. The molecule has 2 heterocycles. The number of thioether (sulfide) groups is 1. The fourth-order valence-electron chi connectivity index (χ4n) is 1.71. The molecular weight excluding hydrogens is 242 g/mol. The number of carbonyl (C=O) groups excluding carboxylic acids is 1. The lowest BCUT2D eigenvalue weighted by molar-refractivity contribution is -0.138. The Labute approximate surface area is 102 Å². The predicted molar refractivity (Wildman–Crippen MR) is 59.4 cm³/mol. The normalized spacial score (nSPS) is 20.4. The van der Waals surface area contributed by atoms with Crippen molar-refractivity contribution < 1.29 is 9.90 Å². The Bertz CT molecular complexity index is 427. The topological polar surface area (TPSA) is 84.1 Å². The molecule has 0 aromatic carbocycles. The first kappa shape index (κ1) is 11.0. The Kier molecular flexibility index (Phi) is 2.75. The summed E-state index contributed by atoms with van der Waals surface area (Å²) < 4.78 is 1.79. The average molecular weight is 255 g/mol. The number of amides is 1. The van der Waals surface area contributed by atoms with E-state index in [1.165, 1.54) is 11.8 Å². The number of hydrogen-bond acceptors (Lipinski definition) is 6. The molecule has 0 bridgehead atoms. The van der Waals surface area contributed by atoms with E-state index >= 15 is 0 Å². The molecule has 0 spiro atoms. The van der Waals surface area contributed by atoms with Gasteiger partial charge in [0.2, 0.25) is 11.1 Å². The maximum Gasteiger partial charge on any atom is 0.233 e. The molecule has 1 amide bonds. The highest BCUT2D eigenvalue weighted by molar-refractivity contribution is 7.99. The van der Waals surface area contributed by atoms with Crippen molar-refractivity contribution in [3.8, 4) is 0 Å². The van der Waals surface area contributed by atoms with Crippen molar-refractivity contribution in [2.24, 2.45) is 0 Å². The van der Waals surface area contributed by atoms with E-state index in [-0.39, 0.29) is 12.0 Å². The van der Waals surface area contributed by atoms with Crippen LogP contribution in [0.15, 0.2) is 5.16 Å². The number of tetrazole rings is 1. The third-order valence-electron chi connectivity index (χ3n) is 2.90. The second kappa shape index (κ2) is 4.26. The van der Waals surface area contributed by atoms with E-state index in [0.717, 1.165) is 12.8 Å². The molecule has 2 fully saturated rings. The lowest BCUT2D eigenvalue weighted by Gasteiger charge is -2.35. The number of hydrogen-bond donors (Lipinski definition) is 1. The molecule has 8 heteroatoms. The SMILES string of the molecule is O=C(CSc1nnnn1C1CC1)N1CC(O)C1. The third-order valence-corrected chi connectivity index (χ3v) is 3.81. The number of β-amino-alcohol motifs (C(OH)–C–C–N with tert-alkyl or cyclic N) is 1. The van der Waals surface area contributed by atoms with Gasteiger partial charge in [0.15, 0.2) is 0 Å². The number of rotatable bonds is 4. The minimum absolute atomic E-state index is 0.0330. The van der Waals surface area contributed by atoms with Gasteiger partial charge in [-0.3, -0.25) is 4.79 Å². The Morgan fingerprint density at radius 3 is 2.88 bits per heavy atom. The molecule has 3 rings (SSSR count). The maximum atomic E-state index is 11.7. The van der Waals surface area contributed by atoms with E-state index in [4.69, 9.17) is 5.11 Å². The summed E-state index contributed by atoms with van der Waals surface area (Å²) >= 11 is 1.36. The monoisotopic (exact) mass is 255 g/mol. The molecule has 17 heavy (non-hydrogen) atoms. The van der Waals surface area contributed by atoms with Crippen LogP contribution in [0.4, 0.5) is 0 Å². The lowest BCUT2D eigenvalue weighted by atomic mass is 10.2. The Morgan fingerprint density at radius 2 is 2.24 bits per heavy atom. The van der Waals surface area contributed by atoms with Gasteiger partial charge >= 0.3 is 0 Å². The predicted octanol–water partition coefficient (Wildman–Crippen LogP) is -0.697. The number of likely N-dealkylation sites (tertiary alicyclic amines) is 1. The van der Waals surface area contributed by atoms with Crippen LogP contribution < -0.4 is 0 Å². The first-order chi connectivity index (χ1) is 8.24. The van der Waals surface area contributed by atoms with Gasteiger partial charge in [0.25, 0.3) is 0 Å². The zero-order valence-electron chi connectivity index (χ0n) is 9.19. The third kappa shape index (κ3) is 2.27. The highest BCUT2D eigenvalue weighted by Gasteiger charge is 2.30. The summed E-state index contributed by atoms with van der Waals surface area (Å²) in [6.45, 7) is 0.903. The van der Waals surface area contributed by atoms with Gasteiger partial charge in [-0.2, -0.15) is 0 Å². The highest BCUT2D eigenvalue weighted by Crippen LogP contribution is 2.36. The smallest absolute Gasteiger partial charge is 0.233 e. The Hall–Kier alpha value is -1.15. The molecule has 92 valence electrons. The van der Waals surface area contributed by atoms with Crippen molar-refractivity contribution >= 4 is 17.7 Å². The van der Waals surface area contributed by atoms with Crippen molar-refractivity contribution in [3.05, 3.63) is 0 Å². The standard InChI is InChI=1S/C9H13N5O2S/c15-7-3-13(4-7)8(16)5-17-9-10-11-12-14(9)6-1-2-6/h6-7,15H,1-5H2. The fourth-order valence-corrected chi connectivity index (χ4v) is 2.55. The van der Waals surface area contributed by atoms with Crippen LogP contribution in [-0.2, 0) is 4.79 Å². The summed E-state index contributed by atoms with van der Waals surface area (Å²) in [5.41, 5.74) is 0. The molecule has 0 unspecified atom stereocenters. The molecule has 0 radical (unpaired) electrons. The van der Waals surface area contributed by atoms with Crippen molar-refractivity contribution in [2.45, 2.75) is 30.1 Å². The molecular formula is C9H13N5O2S. The molecule has 1 saturated heterocycles. The van der Waals surface area contributed by atoms with Crippen molar-refractivity contribution in [1.82, 2.24) is 25.1 Å².